The van der Waals surface area contributed by atoms with Crippen LogP contribution < -0.4 is 0 Å². The maximum absolute atomic E-state index is 13.0. The fraction of sp³-hybridized carbons (Fsp3) is 0.222. The fourth-order valence-electron chi connectivity index (χ4n) is 0.849. The van der Waals surface area contributed by atoms with Gasteiger partial charge >= 0.3 is 0 Å². The SMILES string of the molecule is Cc1cc(Cl)c(SCC#N)cc1F. The number of nitriles is 1. The molecule has 0 aliphatic heterocycles. The van der Waals surface area contributed by atoms with Gasteiger partial charge in [-0.3, -0.25) is 0 Å². The Labute approximate surface area is 85.5 Å². The number of hydrogen-bond donors (Lipinski definition) is 0. The zero-order chi connectivity index (χ0) is 9.84. The first kappa shape index (κ1) is 10.4. The van der Waals surface area contributed by atoms with Crippen LogP contribution in [0.25, 0.3) is 0 Å². The summed E-state index contributed by atoms with van der Waals surface area (Å²) in [5.74, 6) is -0.00720. The summed E-state index contributed by atoms with van der Waals surface area (Å²) in [5, 5.41) is 8.83. The Morgan fingerprint density at radius 3 is 2.92 bits per heavy atom. The second-order valence-corrected chi connectivity index (χ2v) is 3.90. The molecule has 0 unspecified atom stereocenters. The second-order valence-electron chi connectivity index (χ2n) is 2.48. The number of rotatable bonds is 2. The van der Waals surface area contributed by atoms with Crippen molar-refractivity contribution in [3.8, 4) is 6.07 Å². The van der Waals surface area contributed by atoms with E-state index in [1.165, 1.54) is 17.8 Å². The molecule has 0 fully saturated rings. The van der Waals surface area contributed by atoms with Crippen molar-refractivity contribution in [1.29, 1.82) is 5.26 Å². The molecule has 0 bridgehead atoms. The lowest BCUT2D eigenvalue weighted by Crippen LogP contribution is -1.85. The Balaban J connectivity index is 2.96. The molecule has 0 amide bonds. The Kier molecular flexibility index (Phi) is 3.58. The molecular weight excluding hydrogens is 209 g/mol. The highest BCUT2D eigenvalue weighted by atomic mass is 35.5. The normalized spacial score (nSPS) is 9.69. The van der Waals surface area contributed by atoms with Gasteiger partial charge in [0.2, 0.25) is 0 Å². The molecule has 0 atom stereocenters. The van der Waals surface area contributed by atoms with Crippen molar-refractivity contribution in [3.63, 3.8) is 0 Å². The number of thioether (sulfide) groups is 1. The first-order valence-electron chi connectivity index (χ1n) is 3.60. The molecule has 0 aliphatic carbocycles. The average molecular weight is 216 g/mol. The van der Waals surface area contributed by atoms with E-state index in [2.05, 4.69) is 0 Å². The molecule has 0 spiro atoms. The summed E-state index contributed by atoms with van der Waals surface area (Å²) in [6, 6.07) is 4.89. The van der Waals surface area contributed by atoms with Gasteiger partial charge in [0.1, 0.15) is 5.82 Å². The summed E-state index contributed by atoms with van der Waals surface area (Å²) in [7, 11) is 0. The molecule has 0 N–H and O–H groups in total. The van der Waals surface area contributed by atoms with Crippen molar-refractivity contribution >= 4 is 23.4 Å². The van der Waals surface area contributed by atoms with E-state index in [1.807, 2.05) is 6.07 Å². The smallest absolute Gasteiger partial charge is 0.127 e. The van der Waals surface area contributed by atoms with E-state index in [0.29, 0.717) is 15.5 Å². The van der Waals surface area contributed by atoms with E-state index in [4.69, 9.17) is 16.9 Å². The summed E-state index contributed by atoms with van der Waals surface area (Å²) < 4.78 is 13.0. The lowest BCUT2D eigenvalue weighted by molar-refractivity contribution is 0.615. The van der Waals surface area contributed by atoms with Crippen LogP contribution >= 0.6 is 23.4 Å². The van der Waals surface area contributed by atoms with Crippen molar-refractivity contribution < 1.29 is 4.39 Å². The number of halogens is 2. The summed E-state index contributed by atoms with van der Waals surface area (Å²) in [5.41, 5.74) is 0.520. The van der Waals surface area contributed by atoms with Gasteiger partial charge in [-0.15, -0.1) is 11.8 Å². The highest BCUT2D eigenvalue weighted by Crippen LogP contribution is 2.29. The third kappa shape index (κ3) is 2.61. The van der Waals surface area contributed by atoms with Crippen molar-refractivity contribution in [2.75, 3.05) is 5.75 Å². The zero-order valence-corrected chi connectivity index (χ0v) is 8.55. The zero-order valence-electron chi connectivity index (χ0n) is 6.97. The van der Waals surface area contributed by atoms with Gasteiger partial charge in [-0.2, -0.15) is 5.26 Å². The van der Waals surface area contributed by atoms with Gasteiger partial charge in [-0.1, -0.05) is 11.6 Å². The van der Waals surface area contributed by atoms with Crippen LogP contribution in [-0.4, -0.2) is 5.75 Å². The van der Waals surface area contributed by atoms with Crippen LogP contribution in [-0.2, 0) is 0 Å². The summed E-state index contributed by atoms with van der Waals surface area (Å²) in [4.78, 5) is 0.617. The van der Waals surface area contributed by atoms with Crippen molar-refractivity contribution in [3.05, 3.63) is 28.5 Å². The van der Waals surface area contributed by atoms with Crippen molar-refractivity contribution in [1.82, 2.24) is 0 Å². The van der Waals surface area contributed by atoms with Crippen LogP contribution in [0.1, 0.15) is 5.56 Å². The van der Waals surface area contributed by atoms with Crippen LogP contribution in [0.15, 0.2) is 17.0 Å². The minimum absolute atomic E-state index is 0.280. The molecule has 4 heteroatoms. The van der Waals surface area contributed by atoms with Gasteiger partial charge in [-0.05, 0) is 24.6 Å². The van der Waals surface area contributed by atoms with Crippen LogP contribution in [0.5, 0.6) is 0 Å². The van der Waals surface area contributed by atoms with Crippen LogP contribution in [0.2, 0.25) is 5.02 Å². The quantitative estimate of drug-likeness (QED) is 0.706. The van der Waals surface area contributed by atoms with Crippen LogP contribution in [0.4, 0.5) is 4.39 Å². The average Bonchev–Trinajstić information content (AvgIpc) is 2.09. The minimum Gasteiger partial charge on any atom is -0.207 e. The predicted octanol–water partition coefficient (Wildman–Crippen LogP) is 3.40. The maximum atomic E-state index is 13.0. The molecule has 68 valence electrons. The predicted molar refractivity (Wildman–Crippen MR) is 52.5 cm³/mol. The topological polar surface area (TPSA) is 23.8 Å². The number of aryl methyl sites for hydroxylation is 1. The van der Waals surface area contributed by atoms with Crippen molar-refractivity contribution in [2.45, 2.75) is 11.8 Å². The van der Waals surface area contributed by atoms with E-state index in [1.54, 1.807) is 13.0 Å². The van der Waals surface area contributed by atoms with E-state index in [9.17, 15) is 4.39 Å². The molecule has 1 rings (SSSR count). The number of benzene rings is 1. The van der Waals surface area contributed by atoms with Gasteiger partial charge in [0.25, 0.3) is 0 Å². The lowest BCUT2D eigenvalue weighted by atomic mass is 10.2. The molecule has 0 aromatic heterocycles. The van der Waals surface area contributed by atoms with Crippen molar-refractivity contribution in [2.24, 2.45) is 0 Å². The standard InChI is InChI=1S/C9H7ClFNS/c1-6-4-7(10)9(5-8(6)11)13-3-2-12/h4-5H,3H2,1H3. The van der Waals surface area contributed by atoms with Gasteiger partial charge in [0.05, 0.1) is 16.8 Å². The number of hydrogen-bond acceptors (Lipinski definition) is 2. The lowest BCUT2D eigenvalue weighted by Gasteiger charge is -2.03. The second kappa shape index (κ2) is 4.50. The molecule has 1 nitrogen and oxygen atoms in total. The highest BCUT2D eigenvalue weighted by Gasteiger charge is 2.05. The van der Waals surface area contributed by atoms with Gasteiger partial charge in [-0.25, -0.2) is 4.39 Å². The van der Waals surface area contributed by atoms with E-state index in [0.717, 1.165) is 0 Å². The van der Waals surface area contributed by atoms with Gasteiger partial charge in [0, 0.05) is 4.90 Å². The molecule has 0 saturated carbocycles. The van der Waals surface area contributed by atoms with Gasteiger partial charge in [0.15, 0.2) is 0 Å². The molecular formula is C9H7ClFNS. The fourth-order valence-corrected chi connectivity index (χ4v) is 1.83. The summed E-state index contributed by atoms with van der Waals surface area (Å²) in [6.45, 7) is 1.65. The Hall–Kier alpha value is -0.720. The first-order valence-corrected chi connectivity index (χ1v) is 4.97. The summed E-state index contributed by atoms with van der Waals surface area (Å²) in [6.07, 6.45) is 0. The Morgan fingerprint density at radius 2 is 2.31 bits per heavy atom. The largest absolute Gasteiger partial charge is 0.207 e. The molecule has 0 saturated heterocycles. The highest BCUT2D eigenvalue weighted by molar-refractivity contribution is 7.99. The van der Waals surface area contributed by atoms with E-state index < -0.39 is 0 Å². The van der Waals surface area contributed by atoms with E-state index in [-0.39, 0.29) is 11.6 Å². The molecule has 1 aromatic carbocycles. The third-order valence-electron chi connectivity index (χ3n) is 1.51. The Bertz CT molecular complexity index is 359. The third-order valence-corrected chi connectivity index (χ3v) is 2.85. The number of nitrogens with zero attached hydrogens (tertiary/aromatic N) is 1. The van der Waals surface area contributed by atoms with Gasteiger partial charge < -0.3 is 0 Å². The maximum Gasteiger partial charge on any atom is 0.127 e. The van der Waals surface area contributed by atoms with E-state index >= 15 is 0 Å². The molecule has 1 aromatic rings. The Morgan fingerprint density at radius 1 is 1.62 bits per heavy atom. The molecule has 13 heavy (non-hydrogen) atoms. The molecule has 0 aliphatic rings. The molecule has 0 heterocycles. The minimum atomic E-state index is -0.287. The van der Waals surface area contributed by atoms with Crippen LogP contribution in [0, 0.1) is 24.1 Å². The summed E-state index contributed by atoms with van der Waals surface area (Å²) >= 11 is 7.08. The monoisotopic (exact) mass is 215 g/mol. The van der Waals surface area contributed by atoms with Crippen LogP contribution in [0.3, 0.4) is 0 Å². The first-order chi connectivity index (χ1) is 6.15. The molecule has 0 radical (unpaired) electrons.